The van der Waals surface area contributed by atoms with E-state index in [0.29, 0.717) is 6.61 Å². The number of hydrogen-bond donors (Lipinski definition) is 0. The number of rotatable bonds is 3. The number of aryl methyl sites for hydroxylation is 1. The zero-order chi connectivity index (χ0) is 14.1. The Balaban J connectivity index is 1.77. The molecule has 0 saturated carbocycles. The molecule has 1 saturated heterocycles. The summed E-state index contributed by atoms with van der Waals surface area (Å²) in [7, 11) is 0. The van der Waals surface area contributed by atoms with Gasteiger partial charge in [-0.1, -0.05) is 6.92 Å². The van der Waals surface area contributed by atoms with Crippen LogP contribution in [0.1, 0.15) is 49.6 Å². The summed E-state index contributed by atoms with van der Waals surface area (Å²) in [6, 6.07) is 0. The van der Waals surface area contributed by atoms with E-state index in [0.717, 1.165) is 42.7 Å². The van der Waals surface area contributed by atoms with Gasteiger partial charge in [0.25, 0.3) is 0 Å². The molecular formula is C15H22N2O2S. The van der Waals surface area contributed by atoms with Crippen molar-refractivity contribution in [3.63, 3.8) is 0 Å². The molecule has 2 unspecified atom stereocenters. The Morgan fingerprint density at radius 2 is 2.35 bits per heavy atom. The first-order valence-corrected chi connectivity index (χ1v) is 8.42. The Kier molecular flexibility index (Phi) is 3.96. The number of carbonyl (C=O) groups excluding carboxylic acids is 1. The normalized spacial score (nSPS) is 25.6. The van der Waals surface area contributed by atoms with Crippen LogP contribution in [0.4, 0.5) is 5.13 Å². The Hall–Kier alpha value is -1.10. The smallest absolute Gasteiger partial charge is 0.315 e. The van der Waals surface area contributed by atoms with Crippen molar-refractivity contribution in [2.24, 2.45) is 5.92 Å². The first-order chi connectivity index (χ1) is 9.69. The van der Waals surface area contributed by atoms with Crippen LogP contribution in [0.15, 0.2) is 0 Å². The third-order valence-electron chi connectivity index (χ3n) is 4.21. The molecule has 2 atom stereocenters. The lowest BCUT2D eigenvalue weighted by molar-refractivity contribution is -0.145. The number of carbonyl (C=O) groups is 1. The van der Waals surface area contributed by atoms with Crippen LogP contribution >= 0.6 is 11.3 Å². The maximum atomic E-state index is 12.0. The second kappa shape index (κ2) is 5.72. The summed E-state index contributed by atoms with van der Waals surface area (Å²) in [5.41, 5.74) is 0.988. The van der Waals surface area contributed by atoms with Crippen molar-refractivity contribution in [2.75, 3.05) is 24.6 Å². The summed E-state index contributed by atoms with van der Waals surface area (Å²) in [6.07, 6.45) is 4.39. The number of ether oxygens (including phenoxy) is 1. The fourth-order valence-corrected chi connectivity index (χ4v) is 4.36. The van der Waals surface area contributed by atoms with Gasteiger partial charge in [-0.2, -0.15) is 0 Å². The molecule has 4 nitrogen and oxygen atoms in total. The molecule has 3 rings (SSSR count). The number of anilines is 1. The van der Waals surface area contributed by atoms with Gasteiger partial charge in [-0.05, 0) is 38.5 Å². The molecule has 1 aromatic heterocycles. The lowest BCUT2D eigenvalue weighted by Gasteiger charge is -2.30. The lowest BCUT2D eigenvalue weighted by Crippen LogP contribution is -2.34. The molecule has 0 amide bonds. The van der Waals surface area contributed by atoms with E-state index in [-0.39, 0.29) is 11.9 Å². The van der Waals surface area contributed by atoms with Crippen LogP contribution in [-0.4, -0.2) is 30.6 Å². The van der Waals surface area contributed by atoms with E-state index >= 15 is 0 Å². The summed E-state index contributed by atoms with van der Waals surface area (Å²) < 4.78 is 5.17. The van der Waals surface area contributed by atoms with Crippen LogP contribution in [0.5, 0.6) is 0 Å². The third kappa shape index (κ3) is 2.55. The minimum Gasteiger partial charge on any atom is -0.465 e. The summed E-state index contributed by atoms with van der Waals surface area (Å²) in [5, 5.41) is 1.11. The first-order valence-electron chi connectivity index (χ1n) is 7.60. The van der Waals surface area contributed by atoms with Crippen LogP contribution in [0.3, 0.4) is 0 Å². The number of nitrogens with zero attached hydrogens (tertiary/aromatic N) is 2. The highest BCUT2D eigenvalue weighted by Crippen LogP contribution is 2.40. The Labute approximate surface area is 124 Å². The van der Waals surface area contributed by atoms with Crippen molar-refractivity contribution in [3.8, 4) is 0 Å². The van der Waals surface area contributed by atoms with Gasteiger partial charge in [-0.25, -0.2) is 4.98 Å². The molecule has 2 aliphatic rings. The second-order valence-corrected chi connectivity index (χ2v) is 6.90. The zero-order valence-corrected chi connectivity index (χ0v) is 13.0. The van der Waals surface area contributed by atoms with E-state index in [2.05, 4.69) is 11.8 Å². The van der Waals surface area contributed by atoms with Gasteiger partial charge in [-0.15, -0.1) is 11.3 Å². The maximum Gasteiger partial charge on any atom is 0.315 e. The van der Waals surface area contributed by atoms with Gasteiger partial charge in [0.15, 0.2) is 5.13 Å². The molecule has 0 aromatic carbocycles. The number of hydrogen-bond acceptors (Lipinski definition) is 5. The Morgan fingerprint density at radius 1 is 1.50 bits per heavy atom. The second-order valence-electron chi connectivity index (χ2n) is 5.84. The number of aromatic nitrogens is 1. The molecule has 1 aliphatic heterocycles. The molecule has 0 bridgehead atoms. The minimum absolute atomic E-state index is 0.102. The predicted molar refractivity (Wildman–Crippen MR) is 80.4 cm³/mol. The molecule has 0 N–H and O–H groups in total. The van der Waals surface area contributed by atoms with E-state index in [9.17, 15) is 4.79 Å². The van der Waals surface area contributed by atoms with Gasteiger partial charge in [-0.3, -0.25) is 4.79 Å². The van der Waals surface area contributed by atoms with Crippen molar-refractivity contribution in [3.05, 3.63) is 10.6 Å². The standard InChI is InChI=1S/C15H22N2O2S/c1-3-19-14(18)11-6-7-12-13(11)16-15(20-12)17-8-4-5-10(2)9-17/h10-11H,3-9H2,1-2H3. The lowest BCUT2D eigenvalue weighted by atomic mass is 10.0. The van der Waals surface area contributed by atoms with Gasteiger partial charge < -0.3 is 9.64 Å². The van der Waals surface area contributed by atoms with Crippen LogP contribution < -0.4 is 4.90 Å². The highest BCUT2D eigenvalue weighted by atomic mass is 32.1. The summed E-state index contributed by atoms with van der Waals surface area (Å²) in [5.74, 6) is 0.510. The molecule has 5 heteroatoms. The molecule has 1 aromatic rings. The van der Waals surface area contributed by atoms with Crippen molar-refractivity contribution in [1.29, 1.82) is 0 Å². The van der Waals surface area contributed by atoms with Crippen LogP contribution in [0.2, 0.25) is 0 Å². The zero-order valence-electron chi connectivity index (χ0n) is 12.2. The molecule has 20 heavy (non-hydrogen) atoms. The third-order valence-corrected chi connectivity index (χ3v) is 5.40. The molecule has 0 spiro atoms. The van der Waals surface area contributed by atoms with Gasteiger partial charge in [0.2, 0.25) is 0 Å². The summed E-state index contributed by atoms with van der Waals surface area (Å²) in [4.78, 5) is 20.4. The van der Waals surface area contributed by atoms with Crippen molar-refractivity contribution in [1.82, 2.24) is 4.98 Å². The molecule has 1 fully saturated rings. The average Bonchev–Trinajstić information content (AvgIpc) is 2.98. The minimum atomic E-state index is -0.128. The van der Waals surface area contributed by atoms with Crippen molar-refractivity contribution in [2.45, 2.75) is 45.4 Å². The fourth-order valence-electron chi connectivity index (χ4n) is 3.18. The fraction of sp³-hybridized carbons (Fsp3) is 0.733. The van der Waals surface area contributed by atoms with Crippen molar-refractivity contribution >= 4 is 22.4 Å². The monoisotopic (exact) mass is 294 g/mol. The Bertz CT molecular complexity index is 500. The first kappa shape index (κ1) is 13.9. The van der Waals surface area contributed by atoms with Crippen LogP contribution in [0, 0.1) is 5.92 Å². The molecule has 1 aliphatic carbocycles. The van der Waals surface area contributed by atoms with E-state index in [1.165, 1.54) is 17.7 Å². The topological polar surface area (TPSA) is 42.4 Å². The van der Waals surface area contributed by atoms with Gasteiger partial charge >= 0.3 is 5.97 Å². The Morgan fingerprint density at radius 3 is 3.10 bits per heavy atom. The summed E-state index contributed by atoms with van der Waals surface area (Å²) in [6.45, 7) is 6.80. The largest absolute Gasteiger partial charge is 0.465 e. The number of thiazole rings is 1. The summed E-state index contributed by atoms with van der Waals surface area (Å²) >= 11 is 1.78. The van der Waals surface area contributed by atoms with E-state index in [1.54, 1.807) is 11.3 Å². The highest BCUT2D eigenvalue weighted by molar-refractivity contribution is 7.15. The molecule has 110 valence electrons. The van der Waals surface area contributed by atoms with Gasteiger partial charge in [0.05, 0.1) is 12.3 Å². The average molecular weight is 294 g/mol. The molecular weight excluding hydrogens is 272 g/mol. The van der Waals surface area contributed by atoms with Gasteiger partial charge in [0, 0.05) is 18.0 Å². The van der Waals surface area contributed by atoms with Gasteiger partial charge in [0.1, 0.15) is 5.92 Å². The molecule has 0 radical (unpaired) electrons. The predicted octanol–water partition coefficient (Wildman–Crippen LogP) is 2.97. The van der Waals surface area contributed by atoms with Crippen LogP contribution in [0.25, 0.3) is 0 Å². The van der Waals surface area contributed by atoms with E-state index in [1.807, 2.05) is 6.92 Å². The highest BCUT2D eigenvalue weighted by Gasteiger charge is 2.34. The van der Waals surface area contributed by atoms with Crippen molar-refractivity contribution < 1.29 is 9.53 Å². The maximum absolute atomic E-state index is 12.0. The van der Waals surface area contributed by atoms with Crippen LogP contribution in [-0.2, 0) is 16.0 Å². The number of fused-ring (bicyclic) bond motifs is 1. The number of esters is 1. The number of piperidine rings is 1. The SMILES string of the molecule is CCOC(=O)C1CCc2sc(N3CCCC(C)C3)nc21. The van der Waals surface area contributed by atoms with E-state index < -0.39 is 0 Å². The van der Waals surface area contributed by atoms with E-state index in [4.69, 9.17) is 9.72 Å². The molecule has 2 heterocycles. The quantitative estimate of drug-likeness (QED) is 0.804.